The number of imide groups is 1. The molecule has 0 unspecified atom stereocenters. The normalized spacial score (nSPS) is 14.3. The van der Waals surface area contributed by atoms with Crippen LogP contribution in [0.3, 0.4) is 0 Å². The zero-order valence-electron chi connectivity index (χ0n) is 10.7. The van der Waals surface area contributed by atoms with E-state index in [0.29, 0.717) is 10.6 Å². The monoisotopic (exact) mass is 285 g/mol. The Bertz CT molecular complexity index is 696. The van der Waals surface area contributed by atoms with Crippen molar-refractivity contribution in [1.29, 1.82) is 0 Å². The Hall–Kier alpha value is -2.13. The molecule has 1 heterocycles. The molecule has 0 N–H and O–H groups in total. The van der Waals surface area contributed by atoms with Crippen LogP contribution in [-0.2, 0) is 17.8 Å². The number of amides is 2. The van der Waals surface area contributed by atoms with Gasteiger partial charge in [-0.2, -0.15) is 0 Å². The lowest BCUT2D eigenvalue weighted by Crippen LogP contribution is -2.41. The predicted octanol–water partition coefficient (Wildman–Crippen LogP) is 3.07. The molecule has 0 bridgehead atoms. The van der Waals surface area contributed by atoms with Crippen LogP contribution in [0.5, 0.6) is 0 Å². The Morgan fingerprint density at radius 3 is 2.50 bits per heavy atom. The van der Waals surface area contributed by atoms with Crippen LogP contribution in [0.2, 0.25) is 5.02 Å². The second kappa shape index (κ2) is 5.10. The molecule has 3 nitrogen and oxygen atoms in total. The van der Waals surface area contributed by atoms with Gasteiger partial charge in [-0.05, 0) is 23.3 Å². The van der Waals surface area contributed by atoms with Crippen molar-refractivity contribution in [1.82, 2.24) is 4.90 Å². The Morgan fingerprint density at radius 2 is 1.70 bits per heavy atom. The van der Waals surface area contributed by atoms with E-state index in [0.717, 1.165) is 11.1 Å². The summed E-state index contributed by atoms with van der Waals surface area (Å²) < 4.78 is 0. The van der Waals surface area contributed by atoms with Crippen molar-refractivity contribution in [2.75, 3.05) is 0 Å². The van der Waals surface area contributed by atoms with Gasteiger partial charge in [-0.3, -0.25) is 14.5 Å². The van der Waals surface area contributed by atoms with Crippen LogP contribution in [0, 0.1) is 0 Å². The van der Waals surface area contributed by atoms with Gasteiger partial charge in [-0.25, -0.2) is 0 Å². The molecule has 2 amide bonds. The van der Waals surface area contributed by atoms with E-state index in [1.54, 1.807) is 18.2 Å². The summed E-state index contributed by atoms with van der Waals surface area (Å²) in [5.74, 6) is -0.439. The maximum atomic E-state index is 12.4. The molecule has 3 rings (SSSR count). The van der Waals surface area contributed by atoms with Gasteiger partial charge in [0.1, 0.15) is 0 Å². The van der Waals surface area contributed by atoms with Crippen molar-refractivity contribution in [3.8, 4) is 0 Å². The molecule has 1 aliphatic heterocycles. The first-order chi connectivity index (χ1) is 9.66. The van der Waals surface area contributed by atoms with Gasteiger partial charge in [-0.15, -0.1) is 0 Å². The highest BCUT2D eigenvalue weighted by atomic mass is 35.5. The Kier molecular flexibility index (Phi) is 3.28. The zero-order valence-corrected chi connectivity index (χ0v) is 11.4. The summed E-state index contributed by atoms with van der Waals surface area (Å²) in [5.41, 5.74) is 2.16. The van der Waals surface area contributed by atoms with Gasteiger partial charge in [0.15, 0.2) is 0 Å². The topological polar surface area (TPSA) is 37.4 Å². The van der Waals surface area contributed by atoms with Gasteiger partial charge in [0, 0.05) is 10.6 Å². The molecule has 4 heteroatoms. The van der Waals surface area contributed by atoms with E-state index in [9.17, 15) is 9.59 Å². The highest BCUT2D eigenvalue weighted by Gasteiger charge is 2.30. The molecule has 0 saturated carbocycles. The van der Waals surface area contributed by atoms with E-state index in [2.05, 4.69) is 0 Å². The largest absolute Gasteiger partial charge is 0.274 e. The van der Waals surface area contributed by atoms with Crippen molar-refractivity contribution < 1.29 is 9.59 Å². The summed E-state index contributed by atoms with van der Waals surface area (Å²) in [4.78, 5) is 25.8. The van der Waals surface area contributed by atoms with Gasteiger partial charge < -0.3 is 0 Å². The molecule has 0 spiro atoms. The number of carbonyl (C=O) groups is 2. The average molecular weight is 286 g/mol. The minimum absolute atomic E-state index is 0.186. The first kappa shape index (κ1) is 12.9. The van der Waals surface area contributed by atoms with Crippen LogP contribution in [0.1, 0.15) is 21.5 Å². The summed E-state index contributed by atoms with van der Waals surface area (Å²) in [6.45, 7) is 0.214. The third-order valence-electron chi connectivity index (χ3n) is 3.42. The fourth-order valence-electron chi connectivity index (χ4n) is 2.36. The summed E-state index contributed by atoms with van der Waals surface area (Å²) in [5, 5.41) is 0.562. The van der Waals surface area contributed by atoms with E-state index in [-0.39, 0.29) is 24.8 Å². The lowest BCUT2D eigenvalue weighted by Gasteiger charge is -2.27. The standard InChI is InChI=1S/C16H12ClNO2/c17-14-8-4-2-6-12(14)10-18-15(19)9-11-5-1-3-7-13(11)16(18)20/h1-8H,9-10H2. The number of hydrogen-bond donors (Lipinski definition) is 0. The SMILES string of the molecule is O=C1Cc2ccccc2C(=O)N1Cc1ccccc1Cl. The van der Waals surface area contributed by atoms with Crippen LogP contribution in [-0.4, -0.2) is 16.7 Å². The molecule has 2 aromatic carbocycles. The molecular weight excluding hydrogens is 274 g/mol. The summed E-state index contributed by atoms with van der Waals surface area (Å²) in [7, 11) is 0. The van der Waals surface area contributed by atoms with Gasteiger partial charge in [0.2, 0.25) is 5.91 Å². The van der Waals surface area contributed by atoms with Crippen LogP contribution < -0.4 is 0 Å². The fraction of sp³-hybridized carbons (Fsp3) is 0.125. The molecule has 0 atom stereocenters. The number of hydrogen-bond acceptors (Lipinski definition) is 2. The fourth-order valence-corrected chi connectivity index (χ4v) is 2.55. The molecule has 2 aromatic rings. The third kappa shape index (κ3) is 2.21. The van der Waals surface area contributed by atoms with Gasteiger partial charge >= 0.3 is 0 Å². The Balaban J connectivity index is 1.94. The van der Waals surface area contributed by atoms with E-state index < -0.39 is 0 Å². The van der Waals surface area contributed by atoms with Gasteiger partial charge in [0.05, 0.1) is 13.0 Å². The highest BCUT2D eigenvalue weighted by Crippen LogP contribution is 2.23. The Labute approximate surface area is 121 Å². The zero-order chi connectivity index (χ0) is 14.1. The number of rotatable bonds is 2. The van der Waals surface area contributed by atoms with Crippen LogP contribution >= 0.6 is 11.6 Å². The smallest absolute Gasteiger partial charge is 0.261 e. The molecule has 20 heavy (non-hydrogen) atoms. The van der Waals surface area contributed by atoms with Crippen molar-refractivity contribution in [3.63, 3.8) is 0 Å². The molecule has 0 saturated heterocycles. The third-order valence-corrected chi connectivity index (χ3v) is 3.79. The van der Waals surface area contributed by atoms with E-state index >= 15 is 0 Å². The quantitative estimate of drug-likeness (QED) is 0.795. The van der Waals surface area contributed by atoms with Gasteiger partial charge in [-0.1, -0.05) is 48.0 Å². The van der Waals surface area contributed by atoms with Crippen molar-refractivity contribution in [2.24, 2.45) is 0 Å². The van der Waals surface area contributed by atoms with Crippen LogP contribution in [0.4, 0.5) is 0 Å². The van der Waals surface area contributed by atoms with E-state index in [1.807, 2.05) is 30.3 Å². The minimum atomic E-state index is -0.253. The van der Waals surface area contributed by atoms with Crippen molar-refractivity contribution >= 4 is 23.4 Å². The number of benzene rings is 2. The summed E-state index contributed by atoms with van der Waals surface area (Å²) >= 11 is 6.09. The molecule has 100 valence electrons. The minimum Gasteiger partial charge on any atom is -0.274 e. The molecule has 0 aromatic heterocycles. The first-order valence-electron chi connectivity index (χ1n) is 6.33. The van der Waals surface area contributed by atoms with E-state index in [1.165, 1.54) is 4.90 Å². The van der Waals surface area contributed by atoms with Gasteiger partial charge in [0.25, 0.3) is 5.91 Å². The van der Waals surface area contributed by atoms with Crippen LogP contribution in [0.15, 0.2) is 48.5 Å². The van der Waals surface area contributed by atoms with Crippen molar-refractivity contribution in [2.45, 2.75) is 13.0 Å². The first-order valence-corrected chi connectivity index (χ1v) is 6.70. The average Bonchev–Trinajstić information content (AvgIpc) is 2.45. The molecule has 1 aliphatic rings. The van der Waals surface area contributed by atoms with Crippen LogP contribution in [0.25, 0.3) is 0 Å². The Morgan fingerprint density at radius 1 is 1.00 bits per heavy atom. The molecular formula is C16H12ClNO2. The lowest BCUT2D eigenvalue weighted by molar-refractivity contribution is -0.128. The predicted molar refractivity (Wildman–Crippen MR) is 76.5 cm³/mol. The second-order valence-corrected chi connectivity index (χ2v) is 5.12. The summed E-state index contributed by atoms with van der Waals surface area (Å²) in [6, 6.07) is 14.5. The summed E-state index contributed by atoms with van der Waals surface area (Å²) in [6.07, 6.45) is 0.256. The highest BCUT2D eigenvalue weighted by molar-refractivity contribution is 6.31. The molecule has 0 aliphatic carbocycles. The number of halogens is 1. The maximum absolute atomic E-state index is 12.4. The number of nitrogens with zero attached hydrogens (tertiary/aromatic N) is 1. The van der Waals surface area contributed by atoms with Crippen molar-refractivity contribution in [3.05, 3.63) is 70.2 Å². The maximum Gasteiger partial charge on any atom is 0.261 e. The number of fused-ring (bicyclic) bond motifs is 1. The van der Waals surface area contributed by atoms with E-state index in [4.69, 9.17) is 11.6 Å². The lowest BCUT2D eigenvalue weighted by atomic mass is 9.98. The second-order valence-electron chi connectivity index (χ2n) is 4.71. The molecule has 0 fully saturated rings. The molecule has 0 radical (unpaired) electrons. The number of carbonyl (C=O) groups excluding carboxylic acids is 2.